The van der Waals surface area contributed by atoms with Gasteiger partial charge < -0.3 is 15.7 Å². The Kier molecular flexibility index (Phi) is 6.45. The van der Waals surface area contributed by atoms with Crippen LogP contribution in [0.1, 0.15) is 48.0 Å². The summed E-state index contributed by atoms with van der Waals surface area (Å²) in [4.78, 5) is 28.1. The van der Waals surface area contributed by atoms with Gasteiger partial charge >= 0.3 is 12.0 Å². The lowest BCUT2D eigenvalue weighted by Gasteiger charge is -2.22. The molecule has 1 heterocycles. The normalized spacial score (nSPS) is 15.7. The summed E-state index contributed by atoms with van der Waals surface area (Å²) in [6.07, 6.45) is 3.20. The Balaban J connectivity index is 1.62. The number of carbonyl (C=O) groups excluding carboxylic acids is 1. The monoisotopic (exact) mass is 387 g/mol. The first-order valence-electron chi connectivity index (χ1n) is 9.26. The molecule has 1 aliphatic rings. The van der Waals surface area contributed by atoms with E-state index in [9.17, 15) is 9.59 Å². The maximum Gasteiger partial charge on any atom is 0.315 e. The molecule has 7 heteroatoms. The van der Waals surface area contributed by atoms with Crippen LogP contribution in [0.4, 0.5) is 4.79 Å². The van der Waals surface area contributed by atoms with Crippen molar-refractivity contribution in [3.8, 4) is 0 Å². The van der Waals surface area contributed by atoms with Crippen LogP contribution in [0.15, 0.2) is 35.7 Å². The standard InChI is InChI=1S/C20H25N3O3S/c1-13-12-27-19(21-13)18(15-7-8-15)23-20(26)22-16(9-10-17(24)25)11-14-5-3-2-4-6-14/h2-6,12,15-16,18H,7-11H2,1H3,(H,24,25)(H2,22,23,26). The number of nitrogens with one attached hydrogen (secondary N) is 2. The highest BCUT2D eigenvalue weighted by Gasteiger charge is 2.35. The first-order chi connectivity index (χ1) is 13.0. The van der Waals surface area contributed by atoms with E-state index in [0.29, 0.717) is 18.8 Å². The van der Waals surface area contributed by atoms with Crippen LogP contribution in [-0.4, -0.2) is 28.1 Å². The Labute approximate surface area is 163 Å². The lowest BCUT2D eigenvalue weighted by Crippen LogP contribution is -2.45. The van der Waals surface area contributed by atoms with Crippen molar-refractivity contribution in [2.24, 2.45) is 5.92 Å². The van der Waals surface area contributed by atoms with Crippen molar-refractivity contribution < 1.29 is 14.7 Å². The highest BCUT2D eigenvalue weighted by atomic mass is 32.1. The van der Waals surface area contributed by atoms with Gasteiger partial charge in [-0.1, -0.05) is 30.3 Å². The van der Waals surface area contributed by atoms with Gasteiger partial charge in [0, 0.05) is 23.5 Å². The van der Waals surface area contributed by atoms with Crippen molar-refractivity contribution in [2.45, 2.75) is 51.1 Å². The minimum absolute atomic E-state index is 0.0233. The van der Waals surface area contributed by atoms with Crippen LogP contribution < -0.4 is 10.6 Å². The van der Waals surface area contributed by atoms with Gasteiger partial charge in [0.15, 0.2) is 0 Å². The van der Waals surface area contributed by atoms with E-state index in [1.54, 1.807) is 11.3 Å². The molecular weight excluding hydrogens is 362 g/mol. The van der Waals surface area contributed by atoms with Crippen molar-refractivity contribution in [3.05, 3.63) is 52.0 Å². The van der Waals surface area contributed by atoms with E-state index in [4.69, 9.17) is 5.11 Å². The topological polar surface area (TPSA) is 91.3 Å². The molecule has 0 bridgehead atoms. The molecule has 1 fully saturated rings. The number of aliphatic carboxylic acids is 1. The molecular formula is C20H25N3O3S. The number of aryl methyl sites for hydroxylation is 1. The van der Waals surface area contributed by atoms with Gasteiger partial charge in [0.05, 0.1) is 6.04 Å². The minimum Gasteiger partial charge on any atom is -0.481 e. The van der Waals surface area contributed by atoms with E-state index < -0.39 is 5.97 Å². The molecule has 3 rings (SSSR count). The van der Waals surface area contributed by atoms with Crippen LogP contribution in [-0.2, 0) is 11.2 Å². The number of carbonyl (C=O) groups is 2. The summed E-state index contributed by atoms with van der Waals surface area (Å²) in [5.41, 5.74) is 2.04. The van der Waals surface area contributed by atoms with Gasteiger partial charge in [-0.3, -0.25) is 4.79 Å². The molecule has 1 aromatic carbocycles. The number of hydrogen-bond acceptors (Lipinski definition) is 4. The highest BCUT2D eigenvalue weighted by Crippen LogP contribution is 2.41. The third-order valence-corrected chi connectivity index (χ3v) is 5.70. The zero-order valence-corrected chi connectivity index (χ0v) is 16.2. The summed E-state index contributed by atoms with van der Waals surface area (Å²) in [5, 5.41) is 18.0. The molecule has 6 nitrogen and oxygen atoms in total. The molecule has 2 aromatic rings. The fraction of sp³-hybridized carbons (Fsp3) is 0.450. The van der Waals surface area contributed by atoms with Gasteiger partial charge in [-0.15, -0.1) is 11.3 Å². The van der Waals surface area contributed by atoms with E-state index in [1.165, 1.54) is 0 Å². The first-order valence-corrected chi connectivity index (χ1v) is 10.1. The summed E-state index contributed by atoms with van der Waals surface area (Å²) in [7, 11) is 0. The zero-order valence-electron chi connectivity index (χ0n) is 15.4. The number of benzene rings is 1. The van der Waals surface area contributed by atoms with Crippen LogP contribution in [0.5, 0.6) is 0 Å². The average molecular weight is 388 g/mol. The predicted octanol–water partition coefficient (Wildman–Crippen LogP) is 3.68. The first kappa shape index (κ1) is 19.4. The lowest BCUT2D eigenvalue weighted by atomic mass is 10.0. The van der Waals surface area contributed by atoms with Gasteiger partial charge in [-0.05, 0) is 44.1 Å². The number of thiazole rings is 1. The fourth-order valence-electron chi connectivity index (χ4n) is 3.12. The molecule has 0 spiro atoms. The molecule has 1 aromatic heterocycles. The minimum atomic E-state index is -0.857. The number of nitrogens with zero attached hydrogens (tertiary/aromatic N) is 1. The third kappa shape index (κ3) is 6.06. The predicted molar refractivity (Wildman–Crippen MR) is 105 cm³/mol. The molecule has 0 aliphatic heterocycles. The van der Waals surface area contributed by atoms with Crippen LogP contribution in [0, 0.1) is 12.8 Å². The number of carboxylic acid groups (broad SMARTS) is 1. The van der Waals surface area contributed by atoms with Crippen molar-refractivity contribution in [1.82, 2.24) is 15.6 Å². The van der Waals surface area contributed by atoms with Crippen LogP contribution in [0.25, 0.3) is 0 Å². The Bertz CT molecular complexity index is 774. The Morgan fingerprint density at radius 1 is 1.26 bits per heavy atom. The summed E-state index contributed by atoms with van der Waals surface area (Å²) < 4.78 is 0. The van der Waals surface area contributed by atoms with Gasteiger partial charge in [0.2, 0.25) is 0 Å². The second kappa shape index (κ2) is 8.99. The number of rotatable bonds is 9. The number of amides is 2. The molecule has 27 heavy (non-hydrogen) atoms. The molecule has 0 radical (unpaired) electrons. The Morgan fingerprint density at radius 2 is 2.00 bits per heavy atom. The van der Waals surface area contributed by atoms with Gasteiger partial charge in [-0.2, -0.15) is 0 Å². The second-order valence-electron chi connectivity index (χ2n) is 7.08. The quantitative estimate of drug-likeness (QED) is 0.612. The van der Waals surface area contributed by atoms with Crippen LogP contribution in [0.2, 0.25) is 0 Å². The zero-order chi connectivity index (χ0) is 19.2. The summed E-state index contributed by atoms with van der Waals surface area (Å²) in [6, 6.07) is 9.23. The molecule has 144 valence electrons. The molecule has 2 amide bonds. The lowest BCUT2D eigenvalue weighted by molar-refractivity contribution is -0.137. The van der Waals surface area contributed by atoms with E-state index in [-0.39, 0.29) is 24.5 Å². The smallest absolute Gasteiger partial charge is 0.315 e. The van der Waals surface area contributed by atoms with Crippen molar-refractivity contribution >= 4 is 23.3 Å². The molecule has 1 saturated carbocycles. The van der Waals surface area contributed by atoms with E-state index in [1.807, 2.05) is 42.6 Å². The van der Waals surface area contributed by atoms with Crippen molar-refractivity contribution in [1.29, 1.82) is 0 Å². The van der Waals surface area contributed by atoms with Crippen molar-refractivity contribution in [2.75, 3.05) is 0 Å². The third-order valence-electron chi connectivity index (χ3n) is 4.65. The highest BCUT2D eigenvalue weighted by molar-refractivity contribution is 7.09. The molecule has 3 N–H and O–H groups in total. The Hall–Kier alpha value is -2.41. The average Bonchev–Trinajstić information content (AvgIpc) is 3.39. The maximum atomic E-state index is 12.6. The Morgan fingerprint density at radius 3 is 2.59 bits per heavy atom. The summed E-state index contributed by atoms with van der Waals surface area (Å²) >= 11 is 1.57. The number of hydrogen-bond donors (Lipinski definition) is 3. The molecule has 2 unspecified atom stereocenters. The van der Waals surface area contributed by atoms with E-state index in [0.717, 1.165) is 29.1 Å². The van der Waals surface area contributed by atoms with Gasteiger partial charge in [0.25, 0.3) is 0 Å². The molecule has 1 aliphatic carbocycles. The van der Waals surface area contributed by atoms with Crippen LogP contribution in [0.3, 0.4) is 0 Å². The number of urea groups is 1. The largest absolute Gasteiger partial charge is 0.481 e. The van der Waals surface area contributed by atoms with Crippen LogP contribution >= 0.6 is 11.3 Å². The van der Waals surface area contributed by atoms with E-state index >= 15 is 0 Å². The number of aromatic nitrogens is 1. The van der Waals surface area contributed by atoms with E-state index in [2.05, 4.69) is 15.6 Å². The van der Waals surface area contributed by atoms with Gasteiger partial charge in [-0.25, -0.2) is 9.78 Å². The fourth-order valence-corrected chi connectivity index (χ4v) is 4.05. The molecule has 2 atom stereocenters. The summed E-state index contributed by atoms with van der Waals surface area (Å²) in [5.74, 6) is -0.419. The van der Waals surface area contributed by atoms with Crippen molar-refractivity contribution in [3.63, 3.8) is 0 Å². The second-order valence-corrected chi connectivity index (χ2v) is 7.97. The summed E-state index contributed by atoms with van der Waals surface area (Å²) in [6.45, 7) is 1.95. The maximum absolute atomic E-state index is 12.6. The SMILES string of the molecule is Cc1csc(C(NC(=O)NC(CCC(=O)O)Cc2ccccc2)C2CC2)n1. The number of carboxylic acids is 1. The molecule has 0 saturated heterocycles. The van der Waals surface area contributed by atoms with Gasteiger partial charge in [0.1, 0.15) is 5.01 Å².